The normalized spacial score (nSPS) is 16.3. The first-order chi connectivity index (χ1) is 16.3. The van der Waals surface area contributed by atoms with Crippen LogP contribution in [0.3, 0.4) is 0 Å². The van der Waals surface area contributed by atoms with Crippen LogP contribution in [0.4, 0.5) is 0 Å². The Bertz CT molecular complexity index is 406. The maximum absolute atomic E-state index is 11.3. The molecule has 196 valence electrons. The Morgan fingerprint density at radius 2 is 0.879 bits per heavy atom. The number of unbranched alkanes of at least 4 members (excludes halogenated alkanes) is 23. The fourth-order valence-electron chi connectivity index (χ4n) is 5.32. The van der Waals surface area contributed by atoms with E-state index < -0.39 is 0 Å². The van der Waals surface area contributed by atoms with E-state index >= 15 is 0 Å². The first-order valence-electron chi connectivity index (χ1n) is 15.5. The van der Waals surface area contributed by atoms with Crippen molar-refractivity contribution < 1.29 is 9.53 Å². The molecule has 1 aliphatic heterocycles. The van der Waals surface area contributed by atoms with Gasteiger partial charge in [-0.2, -0.15) is 0 Å². The van der Waals surface area contributed by atoms with Crippen molar-refractivity contribution in [3.63, 3.8) is 0 Å². The first kappa shape index (κ1) is 30.5. The second kappa shape index (κ2) is 24.6. The maximum Gasteiger partial charge on any atom is 0.306 e. The topological polar surface area (TPSA) is 26.3 Å². The Balaban J connectivity index is 1.64. The van der Waals surface area contributed by atoms with Gasteiger partial charge in [0.15, 0.2) is 0 Å². The van der Waals surface area contributed by atoms with Crippen LogP contribution in [0.2, 0.25) is 0 Å². The monoisotopic (exact) mass is 464 g/mol. The molecule has 1 heterocycles. The van der Waals surface area contributed by atoms with Gasteiger partial charge >= 0.3 is 5.97 Å². The average molecular weight is 465 g/mol. The summed E-state index contributed by atoms with van der Waals surface area (Å²) in [5, 5.41) is 0. The highest BCUT2D eigenvalue weighted by Crippen LogP contribution is 2.20. The Hall–Kier alpha value is -0.530. The Labute approximate surface area is 208 Å². The molecular formula is C31H60O2. The lowest BCUT2D eigenvalue weighted by Gasteiger charge is -2.21. The van der Waals surface area contributed by atoms with Crippen molar-refractivity contribution >= 4 is 5.97 Å². The molecule has 0 aromatic heterocycles. The smallest absolute Gasteiger partial charge is 0.306 e. The molecule has 2 nitrogen and oxygen atoms in total. The van der Waals surface area contributed by atoms with Gasteiger partial charge in [0.25, 0.3) is 0 Å². The Morgan fingerprint density at radius 1 is 0.545 bits per heavy atom. The summed E-state index contributed by atoms with van der Waals surface area (Å²) >= 11 is 0. The number of hydrogen-bond acceptors (Lipinski definition) is 2. The van der Waals surface area contributed by atoms with Crippen molar-refractivity contribution in [3.05, 3.63) is 0 Å². The Morgan fingerprint density at radius 3 is 1.21 bits per heavy atom. The number of carbonyl (C=O) groups is 1. The van der Waals surface area contributed by atoms with Crippen LogP contribution in [0.5, 0.6) is 0 Å². The molecule has 2 heteroatoms. The van der Waals surface area contributed by atoms with E-state index in [-0.39, 0.29) is 12.1 Å². The van der Waals surface area contributed by atoms with E-state index in [1.54, 1.807) is 0 Å². The zero-order valence-corrected chi connectivity index (χ0v) is 22.7. The maximum atomic E-state index is 11.3. The van der Waals surface area contributed by atoms with Crippen LogP contribution < -0.4 is 0 Å². The molecular weight excluding hydrogens is 404 g/mol. The van der Waals surface area contributed by atoms with Crippen molar-refractivity contribution in [2.24, 2.45) is 0 Å². The van der Waals surface area contributed by atoms with Crippen LogP contribution in [0.25, 0.3) is 0 Å². The molecule has 1 rings (SSSR count). The van der Waals surface area contributed by atoms with Crippen molar-refractivity contribution in [2.45, 2.75) is 193 Å². The largest absolute Gasteiger partial charge is 0.462 e. The molecule has 0 unspecified atom stereocenters. The molecule has 0 radical (unpaired) electrons. The van der Waals surface area contributed by atoms with Crippen molar-refractivity contribution in [1.82, 2.24) is 0 Å². The van der Waals surface area contributed by atoms with Gasteiger partial charge in [-0.05, 0) is 25.7 Å². The molecule has 33 heavy (non-hydrogen) atoms. The zero-order valence-electron chi connectivity index (χ0n) is 22.7. The average Bonchev–Trinajstić information content (AvgIpc) is 2.82. The molecule has 0 aliphatic carbocycles. The van der Waals surface area contributed by atoms with Crippen LogP contribution in [-0.4, -0.2) is 12.1 Å². The van der Waals surface area contributed by atoms with E-state index in [0.717, 1.165) is 19.3 Å². The predicted molar refractivity (Wildman–Crippen MR) is 145 cm³/mol. The van der Waals surface area contributed by atoms with Crippen molar-refractivity contribution in [2.75, 3.05) is 0 Å². The summed E-state index contributed by atoms with van der Waals surface area (Å²) in [4.78, 5) is 11.3. The third-order valence-corrected chi connectivity index (χ3v) is 7.58. The van der Waals surface area contributed by atoms with Crippen LogP contribution in [0.1, 0.15) is 187 Å². The minimum atomic E-state index is 0.0237. The van der Waals surface area contributed by atoms with E-state index in [1.807, 2.05) is 0 Å². The van der Waals surface area contributed by atoms with E-state index in [1.165, 1.54) is 154 Å². The molecule has 0 amide bonds. The SMILES string of the molecule is CCCCCCCCCCCCCCCCCCCCCCCCCC[C@H]1CCCC(=O)O1. The standard InChI is InChI=1S/C31H60O2/c1-2-3-4-5-6-7-8-9-10-11-12-13-14-15-16-17-18-19-20-21-22-23-24-25-27-30-28-26-29-31(32)33-30/h30H,2-29H2,1H3/t30-/m0/s1. The fourth-order valence-corrected chi connectivity index (χ4v) is 5.32. The number of hydrogen-bond donors (Lipinski definition) is 0. The summed E-state index contributed by atoms with van der Waals surface area (Å²) in [6.45, 7) is 2.30. The molecule has 0 bridgehead atoms. The van der Waals surface area contributed by atoms with Gasteiger partial charge in [0.1, 0.15) is 6.10 Å². The van der Waals surface area contributed by atoms with Crippen LogP contribution in [0, 0.1) is 0 Å². The molecule has 1 fully saturated rings. The lowest BCUT2D eigenvalue weighted by Crippen LogP contribution is -2.23. The number of carbonyl (C=O) groups excluding carboxylic acids is 1. The van der Waals surface area contributed by atoms with Gasteiger partial charge in [0.2, 0.25) is 0 Å². The number of esters is 1. The third kappa shape index (κ3) is 21.7. The van der Waals surface area contributed by atoms with Crippen molar-refractivity contribution in [3.8, 4) is 0 Å². The predicted octanol–water partition coefficient (Wildman–Crippen LogP) is 10.9. The minimum Gasteiger partial charge on any atom is -0.462 e. The van der Waals surface area contributed by atoms with Crippen LogP contribution in [-0.2, 0) is 9.53 Å². The first-order valence-corrected chi connectivity index (χ1v) is 15.5. The second-order valence-corrected chi connectivity index (χ2v) is 10.9. The third-order valence-electron chi connectivity index (χ3n) is 7.58. The highest BCUT2D eigenvalue weighted by Gasteiger charge is 2.19. The van der Waals surface area contributed by atoms with E-state index in [2.05, 4.69) is 6.92 Å². The summed E-state index contributed by atoms with van der Waals surface area (Å²) in [6.07, 6.45) is 38.5. The molecule has 1 atom stereocenters. The summed E-state index contributed by atoms with van der Waals surface area (Å²) in [5.74, 6) is 0.0237. The molecule has 0 saturated carbocycles. The minimum absolute atomic E-state index is 0.0237. The quantitative estimate of drug-likeness (QED) is 0.0991. The summed E-state index contributed by atoms with van der Waals surface area (Å²) in [5.41, 5.74) is 0. The molecule has 1 saturated heterocycles. The molecule has 0 aromatic carbocycles. The number of ether oxygens (including phenoxy) is 1. The zero-order chi connectivity index (χ0) is 23.7. The van der Waals surface area contributed by atoms with Gasteiger partial charge in [0, 0.05) is 6.42 Å². The summed E-state index contributed by atoms with van der Waals surface area (Å²) in [6, 6.07) is 0. The van der Waals surface area contributed by atoms with Crippen LogP contribution in [0.15, 0.2) is 0 Å². The fraction of sp³-hybridized carbons (Fsp3) is 0.968. The van der Waals surface area contributed by atoms with Gasteiger partial charge in [-0.3, -0.25) is 4.79 Å². The van der Waals surface area contributed by atoms with Gasteiger partial charge in [-0.15, -0.1) is 0 Å². The second-order valence-electron chi connectivity index (χ2n) is 10.9. The van der Waals surface area contributed by atoms with Crippen LogP contribution >= 0.6 is 0 Å². The van der Waals surface area contributed by atoms with Crippen molar-refractivity contribution in [1.29, 1.82) is 0 Å². The lowest BCUT2D eigenvalue weighted by atomic mass is 10.0. The van der Waals surface area contributed by atoms with E-state index in [0.29, 0.717) is 6.42 Å². The lowest BCUT2D eigenvalue weighted by molar-refractivity contribution is -0.154. The molecule has 0 aromatic rings. The van der Waals surface area contributed by atoms with Gasteiger partial charge in [-0.25, -0.2) is 0 Å². The highest BCUT2D eigenvalue weighted by atomic mass is 16.5. The molecule has 0 spiro atoms. The molecule has 1 aliphatic rings. The van der Waals surface area contributed by atoms with Gasteiger partial charge in [-0.1, -0.05) is 155 Å². The van der Waals surface area contributed by atoms with Gasteiger partial charge < -0.3 is 4.74 Å². The van der Waals surface area contributed by atoms with E-state index in [4.69, 9.17) is 4.74 Å². The molecule has 0 N–H and O–H groups in total. The van der Waals surface area contributed by atoms with E-state index in [9.17, 15) is 4.79 Å². The number of rotatable bonds is 25. The highest BCUT2D eigenvalue weighted by molar-refractivity contribution is 5.70. The number of cyclic esters (lactones) is 1. The summed E-state index contributed by atoms with van der Waals surface area (Å²) in [7, 11) is 0. The summed E-state index contributed by atoms with van der Waals surface area (Å²) < 4.78 is 5.40. The Kier molecular flexibility index (Phi) is 22.7. The van der Waals surface area contributed by atoms with Gasteiger partial charge in [0.05, 0.1) is 0 Å².